The average Bonchev–Trinajstić information content (AvgIpc) is 2.81. The van der Waals surface area contributed by atoms with Crippen LogP contribution in [0.3, 0.4) is 0 Å². The van der Waals surface area contributed by atoms with Crippen LogP contribution in [0.1, 0.15) is 39.5 Å². The van der Waals surface area contributed by atoms with E-state index in [-0.39, 0.29) is 0 Å². The van der Waals surface area contributed by atoms with Crippen molar-refractivity contribution in [2.75, 3.05) is 26.2 Å². The van der Waals surface area contributed by atoms with Gasteiger partial charge < -0.3 is 0 Å². The van der Waals surface area contributed by atoms with Crippen LogP contribution in [0.2, 0.25) is 0 Å². The monoisotopic (exact) mass is 222 g/mol. The van der Waals surface area contributed by atoms with Crippen LogP contribution >= 0.6 is 0 Å². The Kier molecular flexibility index (Phi) is 2.97. The number of nitrogens with zero attached hydrogens (tertiary/aromatic N) is 2. The summed E-state index contributed by atoms with van der Waals surface area (Å²) in [5, 5.41) is 0. The molecule has 1 aliphatic carbocycles. The molecule has 1 saturated carbocycles. The first-order valence-electron chi connectivity index (χ1n) is 7.22. The third-order valence-electron chi connectivity index (χ3n) is 4.60. The zero-order valence-electron chi connectivity index (χ0n) is 10.9. The maximum absolute atomic E-state index is 2.81. The molecule has 3 rings (SSSR count). The van der Waals surface area contributed by atoms with Gasteiger partial charge in [0.15, 0.2) is 0 Å². The summed E-state index contributed by atoms with van der Waals surface area (Å²) in [4.78, 5) is 5.57. The van der Waals surface area contributed by atoms with E-state index >= 15 is 0 Å². The molecular weight excluding hydrogens is 196 g/mol. The Balaban J connectivity index is 1.57. The molecule has 0 radical (unpaired) electrons. The number of fused-ring (bicyclic) bond motifs is 1. The average molecular weight is 222 g/mol. The van der Waals surface area contributed by atoms with Crippen LogP contribution in [-0.2, 0) is 0 Å². The van der Waals surface area contributed by atoms with Gasteiger partial charge in [-0.3, -0.25) is 9.80 Å². The molecule has 92 valence electrons. The van der Waals surface area contributed by atoms with Crippen molar-refractivity contribution in [2.45, 2.75) is 51.6 Å². The lowest BCUT2D eigenvalue weighted by atomic mass is 10.1. The largest absolute Gasteiger partial charge is 0.298 e. The van der Waals surface area contributed by atoms with Crippen molar-refractivity contribution in [3.63, 3.8) is 0 Å². The Morgan fingerprint density at radius 2 is 1.56 bits per heavy atom. The fourth-order valence-electron chi connectivity index (χ4n) is 3.72. The predicted octanol–water partition coefficient (Wildman–Crippen LogP) is 2.20. The minimum atomic E-state index is 0.830. The lowest BCUT2D eigenvalue weighted by Gasteiger charge is -2.26. The summed E-state index contributed by atoms with van der Waals surface area (Å²) >= 11 is 0. The topological polar surface area (TPSA) is 6.48 Å². The number of hydrogen-bond acceptors (Lipinski definition) is 2. The molecule has 2 saturated heterocycles. The van der Waals surface area contributed by atoms with Crippen LogP contribution in [0.25, 0.3) is 0 Å². The Hall–Kier alpha value is -0.0800. The molecule has 2 heterocycles. The molecule has 2 nitrogen and oxygen atoms in total. The van der Waals surface area contributed by atoms with Crippen LogP contribution in [0, 0.1) is 11.8 Å². The molecule has 3 fully saturated rings. The molecule has 0 unspecified atom stereocenters. The summed E-state index contributed by atoms with van der Waals surface area (Å²) in [5.74, 6) is 1.90. The SMILES string of the molecule is CC(C)CN1CC[C@@H]2[C@@H]1CCN2CC1CC1. The first kappa shape index (κ1) is 11.0. The second-order valence-corrected chi connectivity index (χ2v) is 6.54. The Labute approximate surface area is 100.0 Å². The third-order valence-corrected chi connectivity index (χ3v) is 4.60. The van der Waals surface area contributed by atoms with Gasteiger partial charge in [0.1, 0.15) is 0 Å². The van der Waals surface area contributed by atoms with Gasteiger partial charge >= 0.3 is 0 Å². The highest BCUT2D eigenvalue weighted by Gasteiger charge is 2.43. The van der Waals surface area contributed by atoms with Crippen LogP contribution in [-0.4, -0.2) is 48.1 Å². The van der Waals surface area contributed by atoms with Crippen LogP contribution in [0.5, 0.6) is 0 Å². The highest BCUT2D eigenvalue weighted by molar-refractivity contribution is 5.00. The fourth-order valence-corrected chi connectivity index (χ4v) is 3.72. The summed E-state index contributed by atoms with van der Waals surface area (Å²) < 4.78 is 0. The van der Waals surface area contributed by atoms with Gasteiger partial charge in [0.05, 0.1) is 0 Å². The van der Waals surface area contributed by atoms with Crippen molar-refractivity contribution in [1.82, 2.24) is 9.80 Å². The first-order chi connectivity index (χ1) is 7.74. The molecule has 2 heteroatoms. The minimum absolute atomic E-state index is 0.830. The molecule has 3 aliphatic rings. The standard InChI is InChI=1S/C14H26N2/c1-11(2)9-15-7-5-14-13(15)6-8-16(14)10-12-3-4-12/h11-14H,3-10H2,1-2H3/t13-,14+/m0/s1. The number of rotatable bonds is 4. The lowest BCUT2D eigenvalue weighted by molar-refractivity contribution is 0.203. The molecule has 16 heavy (non-hydrogen) atoms. The normalized spacial score (nSPS) is 36.2. The summed E-state index contributed by atoms with van der Waals surface area (Å²) in [6.45, 7) is 10.2. The zero-order valence-corrected chi connectivity index (χ0v) is 10.9. The molecule has 0 aromatic heterocycles. The van der Waals surface area contributed by atoms with E-state index in [1.807, 2.05) is 0 Å². The summed E-state index contributed by atoms with van der Waals surface area (Å²) in [6, 6.07) is 1.82. The predicted molar refractivity (Wildman–Crippen MR) is 67.5 cm³/mol. The molecule has 0 aromatic rings. The maximum Gasteiger partial charge on any atom is 0.0264 e. The first-order valence-corrected chi connectivity index (χ1v) is 7.22. The number of likely N-dealkylation sites (tertiary alicyclic amines) is 2. The van der Waals surface area contributed by atoms with Gasteiger partial charge in [-0.15, -0.1) is 0 Å². The summed E-state index contributed by atoms with van der Waals surface area (Å²) in [5.41, 5.74) is 0. The molecule has 0 amide bonds. The summed E-state index contributed by atoms with van der Waals surface area (Å²) in [7, 11) is 0. The van der Waals surface area contributed by atoms with Gasteiger partial charge in [0.25, 0.3) is 0 Å². The Morgan fingerprint density at radius 3 is 2.19 bits per heavy atom. The molecule has 0 bridgehead atoms. The van der Waals surface area contributed by atoms with Gasteiger partial charge in [-0.2, -0.15) is 0 Å². The highest BCUT2D eigenvalue weighted by Crippen LogP contribution is 2.36. The second kappa shape index (κ2) is 4.30. The molecule has 0 N–H and O–H groups in total. The van der Waals surface area contributed by atoms with E-state index in [0.29, 0.717) is 0 Å². The smallest absolute Gasteiger partial charge is 0.0264 e. The van der Waals surface area contributed by atoms with Crippen molar-refractivity contribution < 1.29 is 0 Å². The van der Waals surface area contributed by atoms with Crippen LogP contribution in [0.4, 0.5) is 0 Å². The second-order valence-electron chi connectivity index (χ2n) is 6.54. The van der Waals surface area contributed by atoms with E-state index in [4.69, 9.17) is 0 Å². The van der Waals surface area contributed by atoms with E-state index in [1.54, 1.807) is 0 Å². The van der Waals surface area contributed by atoms with Gasteiger partial charge in [-0.1, -0.05) is 13.8 Å². The Bertz CT molecular complexity index is 229. The fraction of sp³-hybridized carbons (Fsp3) is 1.00. The van der Waals surface area contributed by atoms with E-state index in [2.05, 4.69) is 23.6 Å². The quantitative estimate of drug-likeness (QED) is 0.719. The van der Waals surface area contributed by atoms with E-state index in [9.17, 15) is 0 Å². The van der Waals surface area contributed by atoms with Crippen molar-refractivity contribution in [3.8, 4) is 0 Å². The van der Waals surface area contributed by atoms with Crippen molar-refractivity contribution in [3.05, 3.63) is 0 Å². The molecule has 0 spiro atoms. The van der Waals surface area contributed by atoms with Gasteiger partial charge in [-0.25, -0.2) is 0 Å². The van der Waals surface area contributed by atoms with Crippen LogP contribution in [0.15, 0.2) is 0 Å². The molecule has 2 atom stereocenters. The van der Waals surface area contributed by atoms with Crippen LogP contribution < -0.4 is 0 Å². The van der Waals surface area contributed by atoms with E-state index < -0.39 is 0 Å². The maximum atomic E-state index is 2.81. The van der Waals surface area contributed by atoms with Crippen molar-refractivity contribution in [1.29, 1.82) is 0 Å². The zero-order chi connectivity index (χ0) is 11.1. The van der Waals surface area contributed by atoms with Gasteiger partial charge in [0.2, 0.25) is 0 Å². The lowest BCUT2D eigenvalue weighted by Crippen LogP contribution is -2.38. The number of hydrogen-bond donors (Lipinski definition) is 0. The van der Waals surface area contributed by atoms with E-state index in [0.717, 1.165) is 23.9 Å². The molecule has 2 aliphatic heterocycles. The van der Waals surface area contributed by atoms with Crippen molar-refractivity contribution in [2.24, 2.45) is 11.8 Å². The third kappa shape index (κ3) is 2.14. The van der Waals surface area contributed by atoms with E-state index in [1.165, 1.54) is 51.9 Å². The van der Waals surface area contributed by atoms with Crippen molar-refractivity contribution >= 4 is 0 Å². The summed E-state index contributed by atoms with van der Waals surface area (Å²) in [6.07, 6.45) is 5.88. The van der Waals surface area contributed by atoms with Gasteiger partial charge in [0, 0.05) is 38.3 Å². The molecule has 0 aromatic carbocycles. The highest BCUT2D eigenvalue weighted by atomic mass is 15.3. The molecular formula is C14H26N2. The van der Waals surface area contributed by atoms with Gasteiger partial charge in [-0.05, 0) is 37.5 Å². The minimum Gasteiger partial charge on any atom is -0.298 e. The Morgan fingerprint density at radius 1 is 0.938 bits per heavy atom.